The Hall–Kier alpha value is -3.03. The van der Waals surface area contributed by atoms with Crippen LogP contribution in [0.1, 0.15) is 24.2 Å². The molecule has 1 aliphatic heterocycles. The molecule has 1 aromatic rings. The quantitative estimate of drug-likeness (QED) is 0.614. The van der Waals surface area contributed by atoms with Gasteiger partial charge >= 0.3 is 18.1 Å². The van der Waals surface area contributed by atoms with E-state index in [1.165, 1.54) is 18.2 Å². The van der Waals surface area contributed by atoms with Crippen molar-refractivity contribution >= 4 is 18.1 Å². The molecule has 0 N–H and O–H groups in total. The molecule has 1 aliphatic rings. The summed E-state index contributed by atoms with van der Waals surface area (Å²) >= 11 is 0. The molecule has 0 bridgehead atoms. The van der Waals surface area contributed by atoms with E-state index >= 15 is 0 Å². The van der Waals surface area contributed by atoms with Crippen molar-refractivity contribution in [2.45, 2.75) is 13.8 Å². The van der Waals surface area contributed by atoms with Crippen LogP contribution in [0, 0.1) is 0 Å². The fourth-order valence-corrected chi connectivity index (χ4v) is 1.64. The lowest BCUT2D eigenvalue weighted by molar-refractivity contribution is -0.141. The largest absolute Gasteiger partial charge is 0.516 e. The average molecular weight is 322 g/mol. The van der Waals surface area contributed by atoms with Crippen molar-refractivity contribution in [1.82, 2.24) is 0 Å². The lowest BCUT2D eigenvalue weighted by Gasteiger charge is -2.17. The first kappa shape index (κ1) is 16.3. The highest BCUT2D eigenvalue weighted by atomic mass is 16.7. The highest BCUT2D eigenvalue weighted by Gasteiger charge is 2.23. The molecule has 0 spiro atoms. The number of esters is 2. The smallest absolute Gasteiger partial charge is 0.460 e. The zero-order valence-corrected chi connectivity index (χ0v) is 12.5. The maximum Gasteiger partial charge on any atom is 0.516 e. The predicted octanol–water partition coefficient (Wildman–Crippen LogP) is 2.18. The van der Waals surface area contributed by atoms with Gasteiger partial charge in [-0.2, -0.15) is 0 Å². The Balaban J connectivity index is 2.08. The minimum absolute atomic E-state index is 0.0633. The molecule has 23 heavy (non-hydrogen) atoms. The van der Waals surface area contributed by atoms with Gasteiger partial charge in [0.1, 0.15) is 6.26 Å². The minimum atomic E-state index is -1.09. The standard InChI is InChI=1S/C15H14O8/c1-3-19-14(17)12-8-21-11-7-9(5-6-10(11)22-12)13(16)23-15(18)20-4-2/h5-8H,3-4H2,1-2H3. The molecule has 0 fully saturated rings. The van der Waals surface area contributed by atoms with E-state index in [-0.39, 0.29) is 36.0 Å². The summed E-state index contributed by atoms with van der Waals surface area (Å²) in [7, 11) is 0. The molecule has 0 unspecified atom stereocenters. The number of carbonyl (C=O) groups excluding carboxylic acids is 3. The Bertz CT molecular complexity index is 661. The predicted molar refractivity (Wildman–Crippen MR) is 74.9 cm³/mol. The molecule has 2 rings (SSSR count). The van der Waals surface area contributed by atoms with Gasteiger partial charge in [-0.3, -0.25) is 0 Å². The third-order valence-corrected chi connectivity index (χ3v) is 2.61. The number of fused-ring (bicyclic) bond motifs is 1. The second kappa shape index (κ2) is 7.30. The Morgan fingerprint density at radius 1 is 1.00 bits per heavy atom. The van der Waals surface area contributed by atoms with Crippen LogP contribution in [0.5, 0.6) is 11.5 Å². The molecule has 1 aromatic carbocycles. The van der Waals surface area contributed by atoms with Crippen LogP contribution >= 0.6 is 0 Å². The van der Waals surface area contributed by atoms with Gasteiger partial charge in [0.2, 0.25) is 5.76 Å². The summed E-state index contributed by atoms with van der Waals surface area (Å²) in [6.45, 7) is 3.54. The van der Waals surface area contributed by atoms with E-state index in [4.69, 9.17) is 14.2 Å². The van der Waals surface area contributed by atoms with Gasteiger partial charge in [0.05, 0.1) is 18.8 Å². The van der Waals surface area contributed by atoms with Gasteiger partial charge in [0.25, 0.3) is 0 Å². The number of carbonyl (C=O) groups is 3. The number of rotatable bonds is 4. The summed E-state index contributed by atoms with van der Waals surface area (Å²) in [6.07, 6.45) is -0.0160. The van der Waals surface area contributed by atoms with Crippen molar-refractivity contribution in [2.75, 3.05) is 13.2 Å². The van der Waals surface area contributed by atoms with E-state index in [0.717, 1.165) is 6.26 Å². The Morgan fingerprint density at radius 2 is 1.74 bits per heavy atom. The molecule has 8 nitrogen and oxygen atoms in total. The van der Waals surface area contributed by atoms with Crippen LogP contribution in [-0.4, -0.2) is 31.3 Å². The molecule has 0 saturated heterocycles. The fraction of sp³-hybridized carbons (Fsp3) is 0.267. The summed E-state index contributed by atoms with van der Waals surface area (Å²) in [5, 5.41) is 0. The van der Waals surface area contributed by atoms with Crippen LogP contribution in [0.4, 0.5) is 4.79 Å². The number of hydrogen-bond donors (Lipinski definition) is 0. The second-order valence-electron chi connectivity index (χ2n) is 4.16. The van der Waals surface area contributed by atoms with E-state index < -0.39 is 18.1 Å². The first-order valence-corrected chi connectivity index (χ1v) is 6.80. The van der Waals surface area contributed by atoms with Crippen molar-refractivity contribution in [2.24, 2.45) is 0 Å². The van der Waals surface area contributed by atoms with Gasteiger partial charge in [0.15, 0.2) is 11.5 Å². The van der Waals surface area contributed by atoms with Gasteiger partial charge in [-0.15, -0.1) is 0 Å². The number of hydrogen-bond acceptors (Lipinski definition) is 8. The van der Waals surface area contributed by atoms with Crippen molar-refractivity contribution in [3.05, 3.63) is 35.8 Å². The Morgan fingerprint density at radius 3 is 2.43 bits per heavy atom. The lowest BCUT2D eigenvalue weighted by atomic mass is 10.2. The third kappa shape index (κ3) is 4.00. The molecule has 1 heterocycles. The maximum atomic E-state index is 11.8. The van der Waals surface area contributed by atoms with E-state index in [0.29, 0.717) is 0 Å². The van der Waals surface area contributed by atoms with Crippen LogP contribution in [-0.2, 0) is 19.0 Å². The van der Waals surface area contributed by atoms with Crippen LogP contribution in [0.25, 0.3) is 0 Å². The van der Waals surface area contributed by atoms with E-state index in [1.807, 2.05) is 0 Å². The third-order valence-electron chi connectivity index (χ3n) is 2.61. The summed E-state index contributed by atoms with van der Waals surface area (Å²) < 4.78 is 24.3. The topological polar surface area (TPSA) is 97.4 Å². The van der Waals surface area contributed by atoms with E-state index in [9.17, 15) is 14.4 Å². The van der Waals surface area contributed by atoms with Gasteiger partial charge in [0, 0.05) is 0 Å². The van der Waals surface area contributed by atoms with Crippen LogP contribution in [0.2, 0.25) is 0 Å². The first-order chi connectivity index (χ1) is 11.0. The first-order valence-electron chi connectivity index (χ1n) is 6.80. The van der Waals surface area contributed by atoms with Crippen LogP contribution in [0.3, 0.4) is 0 Å². The minimum Gasteiger partial charge on any atom is -0.460 e. The van der Waals surface area contributed by atoms with Crippen molar-refractivity contribution in [3.63, 3.8) is 0 Å². The number of ether oxygens (including phenoxy) is 5. The summed E-state index contributed by atoms with van der Waals surface area (Å²) in [6, 6.07) is 4.08. The molecule has 122 valence electrons. The highest BCUT2D eigenvalue weighted by Crippen LogP contribution is 2.33. The molecule has 0 radical (unpaired) electrons. The molecular formula is C15H14O8. The van der Waals surface area contributed by atoms with Gasteiger partial charge in [-0.05, 0) is 32.0 Å². The highest BCUT2D eigenvalue weighted by molar-refractivity contribution is 5.96. The van der Waals surface area contributed by atoms with Crippen molar-refractivity contribution < 1.29 is 38.1 Å². The van der Waals surface area contributed by atoms with Crippen LogP contribution in [0.15, 0.2) is 30.2 Å². The van der Waals surface area contributed by atoms with Crippen molar-refractivity contribution in [1.29, 1.82) is 0 Å². The lowest BCUT2D eigenvalue weighted by Crippen LogP contribution is -2.17. The monoisotopic (exact) mass is 322 g/mol. The number of benzene rings is 1. The molecule has 0 amide bonds. The maximum absolute atomic E-state index is 11.8. The van der Waals surface area contributed by atoms with Gasteiger partial charge in [-0.25, -0.2) is 14.4 Å². The molecule has 0 aromatic heterocycles. The molecule has 0 aliphatic carbocycles. The van der Waals surface area contributed by atoms with E-state index in [1.54, 1.807) is 13.8 Å². The summed E-state index contributed by atoms with van der Waals surface area (Å²) in [5.41, 5.74) is 0.0633. The SMILES string of the molecule is CCOC(=O)OC(=O)c1ccc2c(c1)OC=C(C(=O)OCC)O2. The van der Waals surface area contributed by atoms with Gasteiger partial charge < -0.3 is 23.7 Å². The molecule has 0 saturated carbocycles. The summed E-state index contributed by atoms with van der Waals surface area (Å²) in [5.74, 6) is -1.25. The normalized spacial score (nSPS) is 12.0. The fourth-order valence-electron chi connectivity index (χ4n) is 1.64. The zero-order valence-electron chi connectivity index (χ0n) is 12.5. The van der Waals surface area contributed by atoms with Gasteiger partial charge in [-0.1, -0.05) is 0 Å². The van der Waals surface area contributed by atoms with Crippen LogP contribution < -0.4 is 9.47 Å². The average Bonchev–Trinajstić information content (AvgIpc) is 2.54. The molecule has 0 atom stereocenters. The second-order valence-corrected chi connectivity index (χ2v) is 4.16. The zero-order chi connectivity index (χ0) is 16.8. The summed E-state index contributed by atoms with van der Waals surface area (Å²) in [4.78, 5) is 34.4. The van der Waals surface area contributed by atoms with E-state index in [2.05, 4.69) is 9.47 Å². The van der Waals surface area contributed by atoms with Crippen molar-refractivity contribution in [3.8, 4) is 11.5 Å². The molecular weight excluding hydrogens is 308 g/mol. The Labute approximate surface area is 131 Å². The Kier molecular flexibility index (Phi) is 5.19. The molecule has 8 heteroatoms.